The molecule has 1 rings (SSSR count). The summed E-state index contributed by atoms with van der Waals surface area (Å²) < 4.78 is 4.95. The van der Waals surface area contributed by atoms with Crippen LogP contribution in [0.3, 0.4) is 0 Å². The van der Waals surface area contributed by atoms with Gasteiger partial charge in [-0.1, -0.05) is 12.1 Å². The molecule has 0 aliphatic carbocycles. The van der Waals surface area contributed by atoms with Gasteiger partial charge < -0.3 is 20.5 Å². The number of anilines is 1. The molecule has 1 amide bonds. The maximum absolute atomic E-state index is 10.9. The van der Waals surface area contributed by atoms with E-state index in [1.807, 2.05) is 19.1 Å². The smallest absolute Gasteiger partial charge is 0.221 e. The summed E-state index contributed by atoms with van der Waals surface area (Å²) in [5.74, 6) is -0.108. The van der Waals surface area contributed by atoms with E-state index in [-0.39, 0.29) is 11.9 Å². The molecule has 3 N–H and O–H groups in total. The highest BCUT2D eigenvalue weighted by Gasteiger charge is 2.15. The van der Waals surface area contributed by atoms with Crippen molar-refractivity contribution in [1.29, 1.82) is 0 Å². The second-order valence-corrected chi connectivity index (χ2v) is 4.48. The molecule has 106 valence electrons. The third-order valence-corrected chi connectivity index (χ3v) is 2.82. The van der Waals surface area contributed by atoms with Gasteiger partial charge in [0.25, 0.3) is 0 Å². The lowest BCUT2D eigenvalue weighted by atomic mass is 10.0. The van der Waals surface area contributed by atoms with Gasteiger partial charge in [0.2, 0.25) is 5.91 Å². The molecule has 5 heteroatoms. The minimum atomic E-state index is -0.594. The molecule has 0 saturated carbocycles. The molecule has 0 spiro atoms. The molecular weight excluding hydrogens is 244 g/mol. The fourth-order valence-corrected chi connectivity index (χ4v) is 1.76. The van der Waals surface area contributed by atoms with E-state index >= 15 is 0 Å². The molecule has 1 aromatic rings. The van der Waals surface area contributed by atoms with Crippen LogP contribution in [0.1, 0.15) is 25.5 Å². The van der Waals surface area contributed by atoms with Crippen LogP contribution >= 0.6 is 0 Å². The second-order valence-electron chi connectivity index (χ2n) is 4.48. The summed E-state index contributed by atoms with van der Waals surface area (Å²) in [6.45, 7) is 4.68. The van der Waals surface area contributed by atoms with E-state index in [1.54, 1.807) is 19.2 Å². The topological polar surface area (TPSA) is 70.6 Å². The van der Waals surface area contributed by atoms with Crippen LogP contribution in [0.15, 0.2) is 24.3 Å². The van der Waals surface area contributed by atoms with Gasteiger partial charge in [-0.25, -0.2) is 0 Å². The standard InChI is InChI=1S/C14H22N2O3/c1-10(15-8-9-19-3)14(18)12-4-6-13(7-5-12)16-11(2)17/h4-7,10,14-15,18H,8-9H2,1-3H3,(H,16,17). The molecule has 2 atom stereocenters. The largest absolute Gasteiger partial charge is 0.387 e. The normalized spacial score (nSPS) is 13.9. The molecule has 0 saturated heterocycles. The number of ether oxygens (including phenoxy) is 1. The first-order valence-corrected chi connectivity index (χ1v) is 6.32. The van der Waals surface area contributed by atoms with E-state index in [2.05, 4.69) is 10.6 Å². The molecule has 19 heavy (non-hydrogen) atoms. The molecular formula is C14H22N2O3. The highest BCUT2D eigenvalue weighted by molar-refractivity contribution is 5.88. The van der Waals surface area contributed by atoms with Crippen LogP contribution in [0, 0.1) is 0 Å². The average molecular weight is 266 g/mol. The maximum Gasteiger partial charge on any atom is 0.221 e. The first kappa shape index (κ1) is 15.6. The number of benzene rings is 1. The summed E-state index contributed by atoms with van der Waals surface area (Å²) in [7, 11) is 1.64. The van der Waals surface area contributed by atoms with Gasteiger partial charge in [-0.2, -0.15) is 0 Å². The van der Waals surface area contributed by atoms with Gasteiger partial charge in [-0.3, -0.25) is 4.79 Å². The molecule has 0 aromatic heterocycles. The quantitative estimate of drug-likeness (QED) is 0.651. The Balaban J connectivity index is 2.56. The van der Waals surface area contributed by atoms with Gasteiger partial charge in [-0.05, 0) is 24.6 Å². The van der Waals surface area contributed by atoms with Crippen LogP contribution in [0.5, 0.6) is 0 Å². The molecule has 0 radical (unpaired) electrons. The Morgan fingerprint density at radius 2 is 2.00 bits per heavy atom. The van der Waals surface area contributed by atoms with Gasteiger partial charge in [0.15, 0.2) is 0 Å². The summed E-state index contributed by atoms with van der Waals surface area (Å²) in [5, 5.41) is 16.0. The number of hydrogen-bond acceptors (Lipinski definition) is 4. The molecule has 0 bridgehead atoms. The Bertz CT molecular complexity index is 392. The lowest BCUT2D eigenvalue weighted by molar-refractivity contribution is -0.114. The van der Waals surface area contributed by atoms with Crippen molar-refractivity contribution in [2.45, 2.75) is 26.0 Å². The van der Waals surface area contributed by atoms with Gasteiger partial charge >= 0.3 is 0 Å². The number of hydrogen-bond donors (Lipinski definition) is 3. The third kappa shape index (κ3) is 5.38. The van der Waals surface area contributed by atoms with E-state index in [0.29, 0.717) is 13.2 Å². The minimum Gasteiger partial charge on any atom is -0.387 e. The predicted molar refractivity (Wildman–Crippen MR) is 75.0 cm³/mol. The van der Waals surface area contributed by atoms with Crippen molar-refractivity contribution in [2.75, 3.05) is 25.6 Å². The number of aliphatic hydroxyl groups is 1. The molecule has 2 unspecified atom stereocenters. The maximum atomic E-state index is 10.9. The zero-order valence-corrected chi connectivity index (χ0v) is 11.6. The van der Waals surface area contributed by atoms with Crippen LogP contribution in [0.4, 0.5) is 5.69 Å². The van der Waals surface area contributed by atoms with Gasteiger partial charge in [0.1, 0.15) is 0 Å². The number of carbonyl (C=O) groups is 1. The third-order valence-electron chi connectivity index (χ3n) is 2.82. The van der Waals surface area contributed by atoms with E-state index in [1.165, 1.54) is 6.92 Å². The minimum absolute atomic E-state index is 0.0678. The molecule has 0 aliphatic rings. The Labute approximate surface area is 114 Å². The zero-order valence-electron chi connectivity index (χ0n) is 11.6. The highest BCUT2D eigenvalue weighted by atomic mass is 16.5. The van der Waals surface area contributed by atoms with Crippen molar-refractivity contribution >= 4 is 11.6 Å². The van der Waals surface area contributed by atoms with E-state index in [4.69, 9.17) is 4.74 Å². The van der Waals surface area contributed by atoms with Crippen molar-refractivity contribution in [3.63, 3.8) is 0 Å². The number of nitrogens with one attached hydrogen (secondary N) is 2. The van der Waals surface area contributed by atoms with Crippen LogP contribution < -0.4 is 10.6 Å². The van der Waals surface area contributed by atoms with E-state index in [9.17, 15) is 9.90 Å². The lowest BCUT2D eigenvalue weighted by Crippen LogP contribution is -2.34. The van der Waals surface area contributed by atoms with Gasteiger partial charge in [0.05, 0.1) is 12.7 Å². The molecule has 0 fully saturated rings. The summed E-state index contributed by atoms with van der Waals surface area (Å²) in [6.07, 6.45) is -0.594. The zero-order chi connectivity index (χ0) is 14.3. The Morgan fingerprint density at radius 3 is 2.53 bits per heavy atom. The number of rotatable bonds is 7. The number of amides is 1. The highest BCUT2D eigenvalue weighted by Crippen LogP contribution is 2.19. The molecule has 5 nitrogen and oxygen atoms in total. The summed E-state index contributed by atoms with van der Waals surface area (Å²) in [5.41, 5.74) is 1.54. The van der Waals surface area contributed by atoms with Crippen molar-refractivity contribution in [3.8, 4) is 0 Å². The van der Waals surface area contributed by atoms with E-state index < -0.39 is 6.10 Å². The van der Waals surface area contributed by atoms with Gasteiger partial charge in [-0.15, -0.1) is 0 Å². The fraction of sp³-hybridized carbons (Fsp3) is 0.500. The molecule has 0 heterocycles. The molecule has 1 aromatic carbocycles. The lowest BCUT2D eigenvalue weighted by Gasteiger charge is -2.20. The number of carbonyl (C=O) groups excluding carboxylic acids is 1. The monoisotopic (exact) mass is 266 g/mol. The van der Waals surface area contributed by atoms with Crippen molar-refractivity contribution in [2.24, 2.45) is 0 Å². The Morgan fingerprint density at radius 1 is 1.37 bits per heavy atom. The Kier molecular flexibility index (Phi) is 6.49. The average Bonchev–Trinajstić information content (AvgIpc) is 2.38. The first-order valence-electron chi connectivity index (χ1n) is 6.32. The predicted octanol–water partition coefficient (Wildman–Crippen LogP) is 1.30. The summed E-state index contributed by atoms with van der Waals surface area (Å²) in [4.78, 5) is 10.9. The fourth-order valence-electron chi connectivity index (χ4n) is 1.76. The second kappa shape index (κ2) is 7.89. The van der Waals surface area contributed by atoms with Crippen molar-refractivity contribution < 1.29 is 14.6 Å². The van der Waals surface area contributed by atoms with Crippen molar-refractivity contribution in [1.82, 2.24) is 5.32 Å². The first-order chi connectivity index (χ1) is 9.04. The van der Waals surface area contributed by atoms with Crippen LogP contribution in [-0.4, -0.2) is 37.3 Å². The van der Waals surface area contributed by atoms with Crippen LogP contribution in [0.25, 0.3) is 0 Å². The van der Waals surface area contributed by atoms with Gasteiger partial charge in [0, 0.05) is 32.3 Å². The van der Waals surface area contributed by atoms with Crippen LogP contribution in [0.2, 0.25) is 0 Å². The van der Waals surface area contributed by atoms with Crippen molar-refractivity contribution in [3.05, 3.63) is 29.8 Å². The summed E-state index contributed by atoms with van der Waals surface area (Å²) >= 11 is 0. The SMILES string of the molecule is COCCNC(C)C(O)c1ccc(NC(C)=O)cc1. The Hall–Kier alpha value is -1.43. The van der Waals surface area contributed by atoms with Crippen LogP contribution in [-0.2, 0) is 9.53 Å². The van der Waals surface area contributed by atoms with E-state index in [0.717, 1.165) is 11.3 Å². The number of aliphatic hydroxyl groups excluding tert-OH is 1. The number of methoxy groups -OCH3 is 1. The summed E-state index contributed by atoms with van der Waals surface area (Å²) in [6, 6.07) is 7.11. The molecule has 0 aliphatic heterocycles.